The fraction of sp³-hybridized carbons (Fsp3) is 0. The minimum absolute atomic E-state index is 0.273. The summed E-state index contributed by atoms with van der Waals surface area (Å²) >= 11 is 2.37. The molecule has 0 aliphatic rings. The average molecular weight is 747 g/mol. The lowest BCUT2D eigenvalue weighted by atomic mass is 10.0. The Kier molecular flexibility index (Phi) is 7.28. The van der Waals surface area contributed by atoms with Crippen molar-refractivity contribution in [2.45, 2.75) is 0 Å². The highest BCUT2D eigenvalue weighted by atomic mass is 127. The average Bonchev–Trinajstić information content (AvgIpc) is 3.46. The third kappa shape index (κ3) is 5.46. The number of halogens is 2. The highest BCUT2D eigenvalue weighted by molar-refractivity contribution is 14.1. The van der Waals surface area contributed by atoms with Gasteiger partial charge in [-0.25, -0.2) is 4.39 Å². The van der Waals surface area contributed by atoms with Gasteiger partial charge in [0, 0.05) is 48.5 Å². The molecule has 5 heteroatoms. The molecular formula is C44H28FIN2O. The van der Waals surface area contributed by atoms with Crippen molar-refractivity contribution in [2.24, 2.45) is 0 Å². The minimum atomic E-state index is -0.273. The Morgan fingerprint density at radius 3 is 1.37 bits per heavy atom. The molecule has 0 saturated carbocycles. The zero-order valence-corrected chi connectivity index (χ0v) is 28.4. The Balaban J connectivity index is 1.16. The summed E-state index contributed by atoms with van der Waals surface area (Å²) in [5.74, 6) is -0.273. The zero-order chi connectivity index (χ0) is 32.9. The summed E-state index contributed by atoms with van der Waals surface area (Å²) in [6.07, 6.45) is 0. The zero-order valence-electron chi connectivity index (χ0n) is 26.2. The fourth-order valence-electron chi connectivity index (χ4n) is 6.79. The van der Waals surface area contributed by atoms with E-state index in [9.17, 15) is 4.39 Å². The standard InChI is InChI=1S/C44H28FIN2O/c45-33-9-7-15-37(27-33)47(35-11-3-1-4-12-35)39-19-17-29-23-41-42-24-30-18-20-40(22-32(30)26-44(42)49-43(41)25-31(29)21-39)48(36-13-5-2-6-14-36)38-16-8-10-34(46)28-38/h1-28H. The van der Waals surface area contributed by atoms with Crippen LogP contribution >= 0.6 is 22.6 Å². The summed E-state index contributed by atoms with van der Waals surface area (Å²) in [6.45, 7) is 0. The second-order valence-corrected chi connectivity index (χ2v) is 13.4. The van der Waals surface area contributed by atoms with Crippen molar-refractivity contribution in [3.63, 3.8) is 0 Å². The molecule has 9 rings (SSSR count). The number of furan rings is 1. The van der Waals surface area contributed by atoms with Gasteiger partial charge >= 0.3 is 0 Å². The number of benzene rings is 8. The molecule has 49 heavy (non-hydrogen) atoms. The van der Waals surface area contributed by atoms with Gasteiger partial charge in [-0.2, -0.15) is 0 Å². The van der Waals surface area contributed by atoms with E-state index in [0.717, 1.165) is 77.6 Å². The number of anilines is 6. The summed E-state index contributed by atoms with van der Waals surface area (Å²) in [5, 5.41) is 6.58. The number of para-hydroxylation sites is 2. The number of nitrogens with zero attached hydrogens (tertiary/aromatic N) is 2. The first-order valence-corrected chi connectivity index (χ1v) is 17.2. The Labute approximate surface area is 296 Å². The largest absolute Gasteiger partial charge is 0.456 e. The molecule has 0 aliphatic heterocycles. The molecule has 9 aromatic rings. The topological polar surface area (TPSA) is 19.6 Å². The first kappa shape index (κ1) is 29.5. The van der Waals surface area contributed by atoms with Gasteiger partial charge in [0.05, 0.1) is 0 Å². The summed E-state index contributed by atoms with van der Waals surface area (Å²) in [7, 11) is 0. The van der Waals surface area contributed by atoms with Gasteiger partial charge in [-0.3, -0.25) is 0 Å². The Hall–Kier alpha value is -5.66. The van der Waals surface area contributed by atoms with E-state index in [1.807, 2.05) is 42.5 Å². The van der Waals surface area contributed by atoms with Crippen molar-refractivity contribution in [1.82, 2.24) is 0 Å². The van der Waals surface area contributed by atoms with Crippen LogP contribution in [0.2, 0.25) is 0 Å². The Morgan fingerprint density at radius 2 is 0.857 bits per heavy atom. The summed E-state index contributed by atoms with van der Waals surface area (Å²) in [5.41, 5.74) is 7.62. The highest BCUT2D eigenvalue weighted by Crippen LogP contribution is 2.41. The quantitative estimate of drug-likeness (QED) is 0.158. The van der Waals surface area contributed by atoms with Crippen molar-refractivity contribution in [1.29, 1.82) is 0 Å². The van der Waals surface area contributed by atoms with E-state index < -0.39 is 0 Å². The van der Waals surface area contributed by atoms with Crippen LogP contribution in [0.3, 0.4) is 0 Å². The summed E-state index contributed by atoms with van der Waals surface area (Å²) in [6, 6.07) is 57.5. The number of rotatable bonds is 6. The number of fused-ring (bicyclic) bond motifs is 5. The van der Waals surface area contributed by atoms with E-state index >= 15 is 0 Å². The van der Waals surface area contributed by atoms with Gasteiger partial charge in [0.2, 0.25) is 0 Å². The van der Waals surface area contributed by atoms with E-state index in [0.29, 0.717) is 0 Å². The second-order valence-electron chi connectivity index (χ2n) is 12.2. The summed E-state index contributed by atoms with van der Waals surface area (Å²) in [4.78, 5) is 4.36. The molecule has 0 atom stereocenters. The lowest BCUT2D eigenvalue weighted by Gasteiger charge is -2.26. The molecule has 3 nitrogen and oxygen atoms in total. The molecule has 0 N–H and O–H groups in total. The molecule has 0 bridgehead atoms. The van der Waals surface area contributed by atoms with E-state index in [1.54, 1.807) is 12.1 Å². The van der Waals surface area contributed by atoms with Crippen LogP contribution in [0.5, 0.6) is 0 Å². The van der Waals surface area contributed by atoms with Crippen LogP contribution in [-0.4, -0.2) is 0 Å². The minimum Gasteiger partial charge on any atom is -0.456 e. The van der Waals surface area contributed by atoms with Crippen molar-refractivity contribution in [3.8, 4) is 0 Å². The predicted octanol–water partition coefficient (Wildman–Crippen LogP) is 13.6. The molecule has 0 fully saturated rings. The van der Waals surface area contributed by atoms with E-state index in [2.05, 4.69) is 142 Å². The molecule has 0 radical (unpaired) electrons. The van der Waals surface area contributed by atoms with Gasteiger partial charge in [-0.05, 0) is 153 Å². The van der Waals surface area contributed by atoms with Crippen LogP contribution in [-0.2, 0) is 0 Å². The van der Waals surface area contributed by atoms with Crippen LogP contribution in [0.15, 0.2) is 174 Å². The fourth-order valence-corrected chi connectivity index (χ4v) is 7.32. The van der Waals surface area contributed by atoms with Crippen LogP contribution in [0.1, 0.15) is 0 Å². The Bertz CT molecular complexity index is 2470. The molecule has 1 aromatic heterocycles. The lowest BCUT2D eigenvalue weighted by molar-refractivity contribution is 0.628. The molecule has 8 aromatic carbocycles. The molecule has 0 amide bonds. The molecule has 0 unspecified atom stereocenters. The molecule has 0 spiro atoms. The van der Waals surface area contributed by atoms with Gasteiger partial charge in [0.1, 0.15) is 17.0 Å². The van der Waals surface area contributed by atoms with Gasteiger partial charge in [-0.15, -0.1) is 0 Å². The Morgan fingerprint density at radius 1 is 0.388 bits per heavy atom. The lowest BCUT2D eigenvalue weighted by Crippen LogP contribution is -2.09. The van der Waals surface area contributed by atoms with Gasteiger partial charge in [0.25, 0.3) is 0 Å². The third-order valence-electron chi connectivity index (χ3n) is 9.03. The maximum atomic E-state index is 14.4. The molecule has 1 heterocycles. The van der Waals surface area contributed by atoms with Crippen molar-refractivity contribution < 1.29 is 8.81 Å². The van der Waals surface area contributed by atoms with Gasteiger partial charge < -0.3 is 14.2 Å². The van der Waals surface area contributed by atoms with Gasteiger partial charge in [0.15, 0.2) is 0 Å². The number of hydrogen-bond acceptors (Lipinski definition) is 3. The second kappa shape index (κ2) is 12.1. The van der Waals surface area contributed by atoms with Crippen LogP contribution in [0, 0.1) is 9.39 Å². The molecule has 0 aliphatic carbocycles. The maximum Gasteiger partial charge on any atom is 0.136 e. The third-order valence-corrected chi connectivity index (χ3v) is 9.70. The van der Waals surface area contributed by atoms with Crippen molar-refractivity contribution in [3.05, 3.63) is 179 Å². The van der Waals surface area contributed by atoms with E-state index in [4.69, 9.17) is 4.42 Å². The summed E-state index contributed by atoms with van der Waals surface area (Å²) < 4.78 is 22.1. The monoisotopic (exact) mass is 746 g/mol. The van der Waals surface area contributed by atoms with E-state index in [-0.39, 0.29) is 5.82 Å². The van der Waals surface area contributed by atoms with Crippen molar-refractivity contribution >= 4 is 100 Å². The molecule has 234 valence electrons. The van der Waals surface area contributed by atoms with E-state index in [1.165, 1.54) is 9.64 Å². The number of hydrogen-bond donors (Lipinski definition) is 0. The first-order valence-electron chi connectivity index (χ1n) is 16.1. The first-order chi connectivity index (χ1) is 24.1. The molecule has 0 saturated heterocycles. The normalized spacial score (nSPS) is 11.5. The van der Waals surface area contributed by atoms with Gasteiger partial charge in [-0.1, -0.05) is 60.7 Å². The smallest absolute Gasteiger partial charge is 0.136 e. The highest BCUT2D eigenvalue weighted by Gasteiger charge is 2.17. The molecular weight excluding hydrogens is 718 g/mol. The SMILES string of the molecule is Fc1cccc(N(c2ccccc2)c2ccc3cc4c(cc3c2)oc2cc3cc(N(c5ccccc5)c5cccc(I)c5)ccc3cc24)c1. The van der Waals surface area contributed by atoms with Crippen LogP contribution in [0.25, 0.3) is 43.5 Å². The van der Waals surface area contributed by atoms with Crippen LogP contribution in [0.4, 0.5) is 38.5 Å². The van der Waals surface area contributed by atoms with Crippen LogP contribution < -0.4 is 9.80 Å². The maximum absolute atomic E-state index is 14.4. The predicted molar refractivity (Wildman–Crippen MR) is 211 cm³/mol. The van der Waals surface area contributed by atoms with Crippen molar-refractivity contribution in [2.75, 3.05) is 9.80 Å².